The lowest BCUT2D eigenvalue weighted by molar-refractivity contribution is -0.886. The summed E-state index contributed by atoms with van der Waals surface area (Å²) in [6, 6.07) is 0. The van der Waals surface area contributed by atoms with Crippen molar-refractivity contribution in [2.45, 2.75) is 6.92 Å². The molecular weight excluding hydrogens is 118 g/mol. The van der Waals surface area contributed by atoms with E-state index in [1.165, 1.54) is 0 Å². The zero-order valence-electron chi connectivity index (χ0n) is 5.80. The van der Waals surface area contributed by atoms with Gasteiger partial charge in [-0.15, -0.1) is 0 Å². The zero-order chi connectivity index (χ0) is 6.74. The van der Waals surface area contributed by atoms with Crippen molar-refractivity contribution in [3.8, 4) is 0 Å². The lowest BCUT2D eigenvalue weighted by atomic mass is 10.4. The van der Waals surface area contributed by atoms with Gasteiger partial charge in [0.2, 0.25) is 0 Å². The Kier molecular flexibility index (Phi) is 2.05. The Balaban J connectivity index is 2.37. The molecule has 0 bridgehead atoms. The maximum atomic E-state index is 11.3. The number of nitrogens with zero attached hydrogens (tertiary/aromatic N) is 1. The van der Waals surface area contributed by atoms with Crippen LogP contribution in [-0.4, -0.2) is 37.5 Å². The minimum atomic E-state index is -0.0556. The van der Waals surface area contributed by atoms with Gasteiger partial charge < -0.3 is 14.6 Å². The monoisotopic (exact) mass is 131 g/mol. The van der Waals surface area contributed by atoms with Gasteiger partial charge in [0.15, 0.2) is 0 Å². The van der Waals surface area contributed by atoms with Crippen molar-refractivity contribution in [2.24, 2.45) is 0 Å². The number of hydrogen-bond acceptors (Lipinski definition) is 2. The molecule has 3 heteroatoms. The van der Waals surface area contributed by atoms with E-state index in [0.717, 1.165) is 0 Å². The Labute approximate surface area is 55.4 Å². The molecule has 0 spiro atoms. The predicted molar refractivity (Wildman–Crippen MR) is 34.7 cm³/mol. The van der Waals surface area contributed by atoms with Gasteiger partial charge in [-0.2, -0.15) is 0 Å². The second kappa shape index (κ2) is 2.64. The van der Waals surface area contributed by atoms with Gasteiger partial charge in [-0.05, 0) is 6.92 Å². The van der Waals surface area contributed by atoms with Gasteiger partial charge in [0, 0.05) is 0 Å². The summed E-state index contributed by atoms with van der Waals surface area (Å²) in [7, 11) is 0. The molecule has 0 atom stereocenters. The maximum absolute atomic E-state index is 11.3. The summed E-state index contributed by atoms with van der Waals surface area (Å²) in [5.74, 6) is 0. The number of hydrogen-bond donors (Lipinski definition) is 0. The van der Waals surface area contributed by atoms with E-state index in [1.807, 2.05) is 6.92 Å². The van der Waals surface area contributed by atoms with Gasteiger partial charge in [-0.1, -0.05) is 0 Å². The Morgan fingerprint density at radius 1 is 1.44 bits per heavy atom. The van der Waals surface area contributed by atoms with Crippen molar-refractivity contribution >= 4 is 0 Å². The number of ether oxygens (including phenoxy) is 1. The standard InChI is InChI=1S/C6H13NO2/c1-2-7(8)3-5-9-6-4-7/h2-6H2,1H3. The summed E-state index contributed by atoms with van der Waals surface area (Å²) in [6.45, 7) is 5.16. The number of morpholine rings is 1. The fourth-order valence-corrected chi connectivity index (χ4v) is 0.992. The molecule has 54 valence electrons. The van der Waals surface area contributed by atoms with Crippen LogP contribution in [0.4, 0.5) is 0 Å². The Morgan fingerprint density at radius 3 is 2.33 bits per heavy atom. The van der Waals surface area contributed by atoms with Crippen molar-refractivity contribution < 1.29 is 9.38 Å². The minimum absolute atomic E-state index is 0.0556. The van der Waals surface area contributed by atoms with Crippen molar-refractivity contribution in [1.82, 2.24) is 0 Å². The van der Waals surface area contributed by atoms with Crippen LogP contribution in [0.15, 0.2) is 0 Å². The third-order valence-corrected chi connectivity index (χ3v) is 1.86. The predicted octanol–water partition coefficient (Wildman–Crippen LogP) is 0.351. The third-order valence-electron chi connectivity index (χ3n) is 1.86. The molecule has 3 nitrogen and oxygen atoms in total. The highest BCUT2D eigenvalue weighted by atomic mass is 16.6. The Morgan fingerprint density at radius 2 is 2.00 bits per heavy atom. The highest BCUT2D eigenvalue weighted by Gasteiger charge is 2.17. The van der Waals surface area contributed by atoms with E-state index in [2.05, 4.69) is 0 Å². The molecule has 1 fully saturated rings. The molecule has 1 heterocycles. The van der Waals surface area contributed by atoms with Gasteiger partial charge in [-0.25, -0.2) is 0 Å². The van der Waals surface area contributed by atoms with Gasteiger partial charge >= 0.3 is 0 Å². The molecule has 0 unspecified atom stereocenters. The van der Waals surface area contributed by atoms with Crippen LogP contribution >= 0.6 is 0 Å². The summed E-state index contributed by atoms with van der Waals surface area (Å²) >= 11 is 0. The molecule has 0 radical (unpaired) electrons. The molecule has 0 N–H and O–H groups in total. The molecule has 0 saturated carbocycles. The summed E-state index contributed by atoms with van der Waals surface area (Å²) in [5.41, 5.74) is 0. The van der Waals surface area contributed by atoms with Crippen LogP contribution in [0.2, 0.25) is 0 Å². The summed E-state index contributed by atoms with van der Waals surface area (Å²) < 4.78 is 5.00. The van der Waals surface area contributed by atoms with Crippen LogP contribution in [0, 0.1) is 5.21 Å². The smallest absolute Gasteiger partial charge is 0.102 e. The summed E-state index contributed by atoms with van der Waals surface area (Å²) in [6.07, 6.45) is 0. The average Bonchev–Trinajstić information content (AvgIpc) is 1.90. The molecule has 0 aromatic rings. The SMILES string of the molecule is CC[N+]1([O-])CCOCC1. The molecule has 0 aliphatic carbocycles. The van der Waals surface area contributed by atoms with E-state index >= 15 is 0 Å². The van der Waals surface area contributed by atoms with E-state index in [1.54, 1.807) is 0 Å². The van der Waals surface area contributed by atoms with Crippen molar-refractivity contribution in [3.05, 3.63) is 5.21 Å². The van der Waals surface area contributed by atoms with Crippen LogP contribution in [-0.2, 0) is 4.74 Å². The van der Waals surface area contributed by atoms with E-state index in [-0.39, 0.29) is 4.65 Å². The lowest BCUT2D eigenvalue weighted by Gasteiger charge is -2.44. The normalized spacial score (nSPS) is 26.0. The fourth-order valence-electron chi connectivity index (χ4n) is 0.992. The van der Waals surface area contributed by atoms with Gasteiger partial charge in [-0.3, -0.25) is 0 Å². The van der Waals surface area contributed by atoms with E-state index in [9.17, 15) is 5.21 Å². The zero-order valence-corrected chi connectivity index (χ0v) is 5.80. The van der Waals surface area contributed by atoms with Gasteiger partial charge in [0.1, 0.15) is 13.1 Å². The van der Waals surface area contributed by atoms with Crippen molar-refractivity contribution in [3.63, 3.8) is 0 Å². The third kappa shape index (κ3) is 1.64. The topological polar surface area (TPSA) is 32.3 Å². The van der Waals surface area contributed by atoms with Crippen LogP contribution in [0.5, 0.6) is 0 Å². The molecule has 9 heavy (non-hydrogen) atoms. The molecule has 1 aliphatic heterocycles. The number of rotatable bonds is 1. The van der Waals surface area contributed by atoms with Gasteiger partial charge in [0.25, 0.3) is 0 Å². The first kappa shape index (κ1) is 6.99. The summed E-state index contributed by atoms with van der Waals surface area (Å²) in [4.78, 5) is 0. The first-order chi connectivity index (χ1) is 4.27. The van der Waals surface area contributed by atoms with Crippen LogP contribution in [0.3, 0.4) is 0 Å². The van der Waals surface area contributed by atoms with Crippen molar-refractivity contribution in [2.75, 3.05) is 32.8 Å². The molecule has 0 aromatic heterocycles. The average molecular weight is 131 g/mol. The first-order valence-electron chi connectivity index (χ1n) is 3.42. The highest BCUT2D eigenvalue weighted by Crippen LogP contribution is 2.06. The van der Waals surface area contributed by atoms with E-state index in [0.29, 0.717) is 32.8 Å². The second-order valence-electron chi connectivity index (χ2n) is 2.43. The van der Waals surface area contributed by atoms with E-state index in [4.69, 9.17) is 4.74 Å². The number of hydroxylamine groups is 3. The Hall–Kier alpha value is -0.120. The quantitative estimate of drug-likeness (QED) is 0.380. The minimum Gasteiger partial charge on any atom is -0.633 e. The van der Waals surface area contributed by atoms with Crippen molar-refractivity contribution in [1.29, 1.82) is 0 Å². The van der Waals surface area contributed by atoms with Crippen LogP contribution in [0.25, 0.3) is 0 Å². The number of likely N-dealkylation sites (N-methyl/N-ethyl adjacent to an activating group) is 1. The maximum Gasteiger partial charge on any atom is 0.102 e. The highest BCUT2D eigenvalue weighted by molar-refractivity contribution is 4.47. The lowest BCUT2D eigenvalue weighted by Crippen LogP contribution is -2.50. The summed E-state index contributed by atoms with van der Waals surface area (Å²) in [5, 5.41) is 11.3. The molecule has 1 aliphatic rings. The molecule has 0 aromatic carbocycles. The fraction of sp³-hybridized carbons (Fsp3) is 1.00. The largest absolute Gasteiger partial charge is 0.633 e. The molecular formula is C6H13NO2. The first-order valence-corrected chi connectivity index (χ1v) is 3.42. The van der Waals surface area contributed by atoms with Gasteiger partial charge in [0.05, 0.1) is 19.8 Å². The molecule has 1 rings (SSSR count). The second-order valence-corrected chi connectivity index (χ2v) is 2.43. The molecule has 0 amide bonds. The van der Waals surface area contributed by atoms with E-state index < -0.39 is 0 Å². The Bertz CT molecular complexity index is 89.1. The molecule has 1 saturated heterocycles. The van der Waals surface area contributed by atoms with Crippen LogP contribution in [0.1, 0.15) is 6.92 Å². The number of quaternary nitrogens is 1. The van der Waals surface area contributed by atoms with Crippen LogP contribution < -0.4 is 0 Å².